The van der Waals surface area contributed by atoms with Crippen molar-refractivity contribution in [2.45, 2.75) is 18.9 Å². The molecule has 0 aromatic heterocycles. The van der Waals surface area contributed by atoms with E-state index >= 15 is 0 Å². The van der Waals surface area contributed by atoms with Gasteiger partial charge in [-0.05, 0) is 24.8 Å². The maximum Gasteiger partial charge on any atom is 0.127 e. The van der Waals surface area contributed by atoms with Crippen LogP contribution in [0.3, 0.4) is 0 Å². The molecule has 2 N–H and O–H groups in total. The monoisotopic (exact) mass is 306 g/mol. The fraction of sp³-hybridized carbons (Fsp3) is 0.647. The van der Waals surface area contributed by atoms with Crippen molar-refractivity contribution < 1.29 is 14.6 Å². The zero-order valence-electron chi connectivity index (χ0n) is 13.3. The van der Waals surface area contributed by atoms with Gasteiger partial charge in [-0.25, -0.2) is 0 Å². The maximum atomic E-state index is 9.75. The third kappa shape index (κ3) is 3.37. The molecule has 1 aromatic carbocycles. The first-order valence-electron chi connectivity index (χ1n) is 8.19. The summed E-state index contributed by atoms with van der Waals surface area (Å²) in [5.74, 6) is 1.62. The molecule has 122 valence electrons. The molecule has 0 amide bonds. The minimum atomic E-state index is 0.256. The number of methoxy groups -OCH3 is 1. The number of phenols is 1. The molecular formula is C17H26N2O3. The quantitative estimate of drug-likeness (QED) is 0.888. The molecule has 2 saturated heterocycles. The lowest BCUT2D eigenvalue weighted by molar-refractivity contribution is 0.0206. The topological polar surface area (TPSA) is 54.0 Å². The predicted molar refractivity (Wildman–Crippen MR) is 85.4 cm³/mol. The van der Waals surface area contributed by atoms with Gasteiger partial charge < -0.3 is 19.9 Å². The molecular weight excluding hydrogens is 280 g/mol. The Bertz CT molecular complexity index is 465. The van der Waals surface area contributed by atoms with Crippen molar-refractivity contribution >= 4 is 0 Å². The SMILES string of the molecule is COc1cc(O)ccc1[C@@H](C1CCOCC1)N1CCNCC1. The second kappa shape index (κ2) is 7.31. The summed E-state index contributed by atoms with van der Waals surface area (Å²) >= 11 is 0. The molecule has 1 aromatic rings. The Labute approximate surface area is 132 Å². The number of nitrogens with one attached hydrogen (secondary N) is 1. The molecule has 2 aliphatic heterocycles. The van der Waals surface area contributed by atoms with E-state index in [4.69, 9.17) is 9.47 Å². The van der Waals surface area contributed by atoms with Crippen molar-refractivity contribution in [2.75, 3.05) is 46.5 Å². The highest BCUT2D eigenvalue weighted by Gasteiger charge is 2.33. The van der Waals surface area contributed by atoms with E-state index in [-0.39, 0.29) is 5.75 Å². The van der Waals surface area contributed by atoms with Crippen molar-refractivity contribution in [1.82, 2.24) is 10.2 Å². The molecule has 2 aliphatic rings. The average Bonchev–Trinajstić information content (AvgIpc) is 2.58. The predicted octanol–water partition coefficient (Wildman–Crippen LogP) is 1.77. The van der Waals surface area contributed by atoms with Crippen molar-refractivity contribution in [1.29, 1.82) is 0 Å². The van der Waals surface area contributed by atoms with E-state index in [1.807, 2.05) is 6.07 Å². The van der Waals surface area contributed by atoms with Gasteiger partial charge in [-0.2, -0.15) is 0 Å². The normalized spacial score (nSPS) is 22.4. The van der Waals surface area contributed by atoms with Crippen LogP contribution in [0.4, 0.5) is 0 Å². The molecule has 2 fully saturated rings. The molecule has 5 heteroatoms. The smallest absolute Gasteiger partial charge is 0.127 e. The highest BCUT2D eigenvalue weighted by atomic mass is 16.5. The van der Waals surface area contributed by atoms with Gasteiger partial charge in [-0.3, -0.25) is 4.90 Å². The van der Waals surface area contributed by atoms with Gasteiger partial charge in [-0.1, -0.05) is 6.07 Å². The molecule has 0 aliphatic carbocycles. The van der Waals surface area contributed by atoms with Gasteiger partial charge >= 0.3 is 0 Å². The number of aromatic hydroxyl groups is 1. The number of hydrogen-bond donors (Lipinski definition) is 2. The first-order valence-corrected chi connectivity index (χ1v) is 8.19. The van der Waals surface area contributed by atoms with Crippen LogP contribution in [0.2, 0.25) is 0 Å². The summed E-state index contributed by atoms with van der Waals surface area (Å²) in [7, 11) is 1.68. The van der Waals surface area contributed by atoms with Crippen LogP contribution in [0.15, 0.2) is 18.2 Å². The zero-order chi connectivity index (χ0) is 15.4. The third-order valence-corrected chi connectivity index (χ3v) is 4.79. The molecule has 5 nitrogen and oxygen atoms in total. The van der Waals surface area contributed by atoms with E-state index in [1.54, 1.807) is 19.2 Å². The minimum absolute atomic E-state index is 0.256. The second-order valence-corrected chi connectivity index (χ2v) is 6.11. The van der Waals surface area contributed by atoms with Gasteiger partial charge in [0, 0.05) is 57.1 Å². The van der Waals surface area contributed by atoms with Crippen LogP contribution < -0.4 is 10.1 Å². The lowest BCUT2D eigenvalue weighted by atomic mass is 9.85. The van der Waals surface area contributed by atoms with E-state index < -0.39 is 0 Å². The summed E-state index contributed by atoms with van der Waals surface area (Å²) < 4.78 is 11.1. The summed E-state index contributed by atoms with van der Waals surface area (Å²) in [4.78, 5) is 2.56. The van der Waals surface area contributed by atoms with Gasteiger partial charge in [0.05, 0.1) is 7.11 Å². The Kier molecular flexibility index (Phi) is 5.18. The number of piperazine rings is 1. The van der Waals surface area contributed by atoms with Gasteiger partial charge in [0.2, 0.25) is 0 Å². The molecule has 0 saturated carbocycles. The maximum absolute atomic E-state index is 9.75. The van der Waals surface area contributed by atoms with Crippen molar-refractivity contribution in [3.63, 3.8) is 0 Å². The summed E-state index contributed by atoms with van der Waals surface area (Å²) in [5.41, 5.74) is 1.19. The van der Waals surface area contributed by atoms with E-state index in [1.165, 1.54) is 5.56 Å². The Morgan fingerprint density at radius 2 is 2.00 bits per heavy atom. The van der Waals surface area contributed by atoms with Crippen LogP contribution in [-0.4, -0.2) is 56.5 Å². The van der Waals surface area contributed by atoms with Gasteiger partial charge in [0.15, 0.2) is 0 Å². The lowest BCUT2D eigenvalue weighted by Crippen LogP contribution is -2.47. The molecule has 1 atom stereocenters. The summed E-state index contributed by atoms with van der Waals surface area (Å²) in [6.45, 7) is 5.83. The van der Waals surface area contributed by atoms with Crippen LogP contribution in [0.5, 0.6) is 11.5 Å². The van der Waals surface area contributed by atoms with Crippen LogP contribution >= 0.6 is 0 Å². The van der Waals surface area contributed by atoms with Gasteiger partial charge in [-0.15, -0.1) is 0 Å². The van der Waals surface area contributed by atoms with E-state index in [0.717, 1.165) is 58.0 Å². The number of nitrogens with zero attached hydrogens (tertiary/aromatic N) is 1. The summed E-state index contributed by atoms with van der Waals surface area (Å²) in [5, 5.41) is 13.2. The summed E-state index contributed by atoms with van der Waals surface area (Å²) in [6, 6.07) is 5.86. The van der Waals surface area contributed by atoms with Crippen molar-refractivity contribution in [3.8, 4) is 11.5 Å². The van der Waals surface area contributed by atoms with Crippen molar-refractivity contribution in [3.05, 3.63) is 23.8 Å². The van der Waals surface area contributed by atoms with E-state index in [0.29, 0.717) is 12.0 Å². The number of benzene rings is 1. The Morgan fingerprint density at radius 3 is 2.68 bits per heavy atom. The highest BCUT2D eigenvalue weighted by Crippen LogP contribution is 2.40. The van der Waals surface area contributed by atoms with Crippen molar-refractivity contribution in [2.24, 2.45) is 5.92 Å². The largest absolute Gasteiger partial charge is 0.508 e. The number of phenolic OH excluding ortho intramolecular Hbond substituents is 1. The van der Waals surface area contributed by atoms with Crippen LogP contribution in [0.25, 0.3) is 0 Å². The van der Waals surface area contributed by atoms with E-state index in [2.05, 4.69) is 10.2 Å². The first kappa shape index (κ1) is 15.6. The fourth-order valence-corrected chi connectivity index (χ4v) is 3.68. The molecule has 2 heterocycles. The second-order valence-electron chi connectivity index (χ2n) is 6.11. The van der Waals surface area contributed by atoms with Crippen LogP contribution in [-0.2, 0) is 4.74 Å². The number of ether oxygens (including phenoxy) is 2. The fourth-order valence-electron chi connectivity index (χ4n) is 3.68. The minimum Gasteiger partial charge on any atom is -0.508 e. The number of hydrogen-bond acceptors (Lipinski definition) is 5. The number of rotatable bonds is 4. The highest BCUT2D eigenvalue weighted by molar-refractivity contribution is 5.42. The molecule has 0 spiro atoms. The van der Waals surface area contributed by atoms with Crippen LogP contribution in [0.1, 0.15) is 24.4 Å². The molecule has 0 unspecified atom stereocenters. The molecule has 0 bridgehead atoms. The van der Waals surface area contributed by atoms with E-state index in [9.17, 15) is 5.11 Å². The average molecular weight is 306 g/mol. The van der Waals surface area contributed by atoms with Gasteiger partial charge in [0.25, 0.3) is 0 Å². The Balaban J connectivity index is 1.92. The third-order valence-electron chi connectivity index (χ3n) is 4.79. The van der Waals surface area contributed by atoms with Crippen LogP contribution in [0, 0.1) is 5.92 Å². The first-order chi connectivity index (χ1) is 10.8. The molecule has 3 rings (SSSR count). The Hall–Kier alpha value is -1.30. The molecule has 22 heavy (non-hydrogen) atoms. The zero-order valence-corrected chi connectivity index (χ0v) is 13.3. The standard InChI is InChI=1S/C17H26N2O3/c1-21-16-12-14(20)2-3-15(16)17(13-4-10-22-11-5-13)19-8-6-18-7-9-19/h2-3,12-13,17-18,20H,4-11H2,1H3/t17-/m1/s1. The van der Waals surface area contributed by atoms with Gasteiger partial charge in [0.1, 0.15) is 11.5 Å². The summed E-state index contributed by atoms with van der Waals surface area (Å²) in [6.07, 6.45) is 2.16. The Morgan fingerprint density at radius 1 is 1.27 bits per heavy atom. The lowest BCUT2D eigenvalue weighted by Gasteiger charge is -2.41. The molecule has 0 radical (unpaired) electrons.